The first-order valence-electron chi connectivity index (χ1n) is 13.0. The maximum atomic E-state index is 13.5. The fourth-order valence-electron chi connectivity index (χ4n) is 5.23. The molecule has 2 unspecified atom stereocenters. The van der Waals surface area contributed by atoms with Gasteiger partial charge in [0.1, 0.15) is 11.4 Å². The number of pyridine rings is 1. The van der Waals surface area contributed by atoms with E-state index < -0.39 is 11.4 Å². The second kappa shape index (κ2) is 12.1. The predicted molar refractivity (Wildman–Crippen MR) is 145 cm³/mol. The van der Waals surface area contributed by atoms with Crippen molar-refractivity contribution in [1.82, 2.24) is 19.7 Å². The van der Waals surface area contributed by atoms with Gasteiger partial charge in [0.25, 0.3) is 5.56 Å². The summed E-state index contributed by atoms with van der Waals surface area (Å²) in [5, 5.41) is 3.62. The van der Waals surface area contributed by atoms with Gasteiger partial charge in [0.15, 0.2) is 0 Å². The number of benzene rings is 1. The molecule has 0 aliphatic carbocycles. The molecule has 198 valence electrons. The molecule has 9 heteroatoms. The summed E-state index contributed by atoms with van der Waals surface area (Å²) in [5.41, 5.74) is 1.38. The highest BCUT2D eigenvalue weighted by atomic mass is 32.2. The minimum atomic E-state index is -0.583. The van der Waals surface area contributed by atoms with Crippen LogP contribution in [0.15, 0.2) is 34.0 Å². The molecular weight excluding hydrogens is 476 g/mol. The zero-order valence-corrected chi connectivity index (χ0v) is 23.0. The maximum Gasteiger partial charge on any atom is 0.257 e. The molecule has 36 heavy (non-hydrogen) atoms. The number of hydrogen-bond acceptors (Lipinski definition) is 7. The van der Waals surface area contributed by atoms with Crippen LogP contribution in [0.25, 0.3) is 10.9 Å². The van der Waals surface area contributed by atoms with Crippen LogP contribution in [0.2, 0.25) is 0 Å². The number of hydrogen-bond donors (Lipinski definition) is 1. The zero-order chi connectivity index (χ0) is 25.8. The first-order chi connectivity index (χ1) is 17.3. The molecule has 1 aromatic heterocycles. The molecule has 3 heterocycles. The molecule has 2 aromatic rings. The van der Waals surface area contributed by atoms with Crippen molar-refractivity contribution in [2.45, 2.75) is 56.0 Å². The molecule has 1 amide bonds. The minimum absolute atomic E-state index is 0.0776. The topological polar surface area (TPSA) is 76.0 Å². The van der Waals surface area contributed by atoms with E-state index in [1.807, 2.05) is 24.3 Å². The number of thioether (sulfide) groups is 1. The van der Waals surface area contributed by atoms with E-state index in [0.29, 0.717) is 30.8 Å². The lowest BCUT2D eigenvalue weighted by atomic mass is 10.0. The number of aryl methyl sites for hydroxylation is 1. The van der Waals surface area contributed by atoms with Gasteiger partial charge in [0.05, 0.1) is 30.9 Å². The Morgan fingerprint density at radius 3 is 2.58 bits per heavy atom. The Bertz CT molecular complexity index is 1100. The Kier molecular flexibility index (Phi) is 9.11. The lowest BCUT2D eigenvalue weighted by molar-refractivity contribution is -0.123. The number of amides is 1. The number of morpholine rings is 1. The summed E-state index contributed by atoms with van der Waals surface area (Å²) in [7, 11) is 1.79. The highest BCUT2D eigenvalue weighted by Gasteiger charge is 2.42. The fraction of sp³-hybridized carbons (Fsp3) is 0.630. The molecule has 0 bridgehead atoms. The Morgan fingerprint density at radius 1 is 1.19 bits per heavy atom. The Morgan fingerprint density at radius 2 is 1.89 bits per heavy atom. The monoisotopic (exact) mass is 516 g/mol. The summed E-state index contributed by atoms with van der Waals surface area (Å²) in [5.74, 6) is -0.0776. The number of carbonyl (C=O) groups excluding carboxylic acids is 1. The summed E-state index contributed by atoms with van der Waals surface area (Å²) in [6.07, 6.45) is -0.583. The van der Waals surface area contributed by atoms with E-state index >= 15 is 0 Å². The van der Waals surface area contributed by atoms with E-state index in [2.05, 4.69) is 42.8 Å². The van der Waals surface area contributed by atoms with Gasteiger partial charge in [-0.15, -0.1) is 11.8 Å². The van der Waals surface area contributed by atoms with Gasteiger partial charge in [-0.05, 0) is 33.8 Å². The molecule has 1 fully saturated rings. The third-order valence-corrected chi connectivity index (χ3v) is 8.55. The largest absolute Gasteiger partial charge is 0.379 e. The Balaban J connectivity index is 1.55. The van der Waals surface area contributed by atoms with E-state index in [9.17, 15) is 9.59 Å². The number of ether oxygens (including phenoxy) is 2. The number of fused-ring (bicyclic) bond motifs is 3. The lowest BCUT2D eigenvalue weighted by Gasteiger charge is -2.30. The van der Waals surface area contributed by atoms with Gasteiger partial charge in [0, 0.05) is 62.1 Å². The molecule has 4 rings (SSSR count). The molecule has 1 N–H and O–H groups in total. The van der Waals surface area contributed by atoms with Gasteiger partial charge < -0.3 is 19.4 Å². The second-order valence-corrected chi connectivity index (χ2v) is 11.3. The Labute approximate surface area is 218 Å². The smallest absolute Gasteiger partial charge is 0.257 e. The van der Waals surface area contributed by atoms with Crippen LogP contribution >= 0.6 is 11.8 Å². The van der Waals surface area contributed by atoms with E-state index in [1.165, 1.54) is 11.8 Å². The molecule has 1 aromatic carbocycles. The average molecular weight is 517 g/mol. The van der Waals surface area contributed by atoms with Gasteiger partial charge in [0.2, 0.25) is 5.91 Å². The standard InChI is InChI=1S/C27H40N4O4S/c1-18(2)31(19(3)4)11-10-28-26(32)25-23(35-17-14-30-12-15-34-16-13-30)22-24(36-25)20-8-6-7-9-21(20)29(5)27(22)33/h6-9,18-19,23,25H,10-17H2,1-5H3,(H,28,32). The Hall–Kier alpha value is -1.91. The highest BCUT2D eigenvalue weighted by Crippen LogP contribution is 2.47. The van der Waals surface area contributed by atoms with Crippen LogP contribution in [0.4, 0.5) is 0 Å². The maximum absolute atomic E-state index is 13.5. The van der Waals surface area contributed by atoms with Gasteiger partial charge >= 0.3 is 0 Å². The lowest BCUT2D eigenvalue weighted by Crippen LogP contribution is -2.45. The number of nitrogens with zero attached hydrogens (tertiary/aromatic N) is 3. The summed E-state index contributed by atoms with van der Waals surface area (Å²) in [6, 6.07) is 8.68. The average Bonchev–Trinajstić information content (AvgIpc) is 3.25. The van der Waals surface area contributed by atoms with Crippen LogP contribution in [0, 0.1) is 0 Å². The molecule has 0 spiro atoms. The normalized spacial score (nSPS) is 20.6. The highest BCUT2D eigenvalue weighted by molar-refractivity contribution is 8.01. The predicted octanol–water partition coefficient (Wildman–Crippen LogP) is 2.64. The van der Waals surface area contributed by atoms with Crippen molar-refractivity contribution in [3.63, 3.8) is 0 Å². The van der Waals surface area contributed by atoms with Crippen LogP contribution in [-0.4, -0.2) is 90.2 Å². The molecule has 8 nitrogen and oxygen atoms in total. The van der Waals surface area contributed by atoms with Crippen molar-refractivity contribution < 1.29 is 14.3 Å². The molecule has 1 saturated heterocycles. The number of para-hydroxylation sites is 1. The molecular formula is C27H40N4O4S. The third kappa shape index (κ3) is 5.81. The van der Waals surface area contributed by atoms with Crippen molar-refractivity contribution in [3.05, 3.63) is 40.2 Å². The first kappa shape index (κ1) is 27.1. The second-order valence-electron chi connectivity index (χ2n) is 10.1. The summed E-state index contributed by atoms with van der Waals surface area (Å²) in [6.45, 7) is 14.4. The van der Waals surface area contributed by atoms with Gasteiger partial charge in [-0.25, -0.2) is 0 Å². The van der Waals surface area contributed by atoms with E-state index in [-0.39, 0.29) is 11.5 Å². The molecule has 2 aliphatic rings. The molecule has 0 saturated carbocycles. The SMILES string of the molecule is CC(C)N(CCNC(=O)C1Sc2c(c(=O)n(C)c3ccccc23)C1OCCN1CCOCC1)C(C)C. The van der Waals surface area contributed by atoms with Crippen LogP contribution in [-0.2, 0) is 21.3 Å². The van der Waals surface area contributed by atoms with Crippen molar-refractivity contribution in [3.8, 4) is 0 Å². The van der Waals surface area contributed by atoms with E-state index in [4.69, 9.17) is 9.47 Å². The van der Waals surface area contributed by atoms with Crippen LogP contribution < -0.4 is 10.9 Å². The zero-order valence-electron chi connectivity index (χ0n) is 22.2. The number of rotatable bonds is 10. The quantitative estimate of drug-likeness (QED) is 0.520. The first-order valence-corrected chi connectivity index (χ1v) is 13.9. The van der Waals surface area contributed by atoms with Crippen LogP contribution in [0.5, 0.6) is 0 Å². The van der Waals surface area contributed by atoms with E-state index in [0.717, 1.165) is 55.2 Å². The van der Waals surface area contributed by atoms with Crippen LogP contribution in [0.1, 0.15) is 39.4 Å². The summed E-state index contributed by atoms with van der Waals surface area (Å²) < 4.78 is 13.5. The minimum Gasteiger partial charge on any atom is -0.379 e. The van der Waals surface area contributed by atoms with E-state index in [1.54, 1.807) is 11.6 Å². The fourth-order valence-corrected chi connectivity index (χ4v) is 6.64. The van der Waals surface area contributed by atoms with Gasteiger partial charge in [-0.1, -0.05) is 18.2 Å². The number of aromatic nitrogens is 1. The van der Waals surface area contributed by atoms with Crippen molar-refractivity contribution in [1.29, 1.82) is 0 Å². The number of nitrogens with one attached hydrogen (secondary N) is 1. The van der Waals surface area contributed by atoms with Crippen LogP contribution in [0.3, 0.4) is 0 Å². The van der Waals surface area contributed by atoms with Gasteiger partial charge in [-0.3, -0.25) is 19.4 Å². The summed E-state index contributed by atoms with van der Waals surface area (Å²) >= 11 is 1.46. The number of carbonyl (C=O) groups is 1. The van der Waals surface area contributed by atoms with Crippen molar-refractivity contribution in [2.75, 3.05) is 52.5 Å². The van der Waals surface area contributed by atoms with Crippen molar-refractivity contribution in [2.24, 2.45) is 7.05 Å². The molecule has 2 aliphatic heterocycles. The summed E-state index contributed by atoms with van der Waals surface area (Å²) in [4.78, 5) is 32.5. The third-order valence-electron chi connectivity index (χ3n) is 7.16. The van der Waals surface area contributed by atoms with Gasteiger partial charge in [-0.2, -0.15) is 0 Å². The molecule has 2 atom stereocenters. The van der Waals surface area contributed by atoms with Crippen molar-refractivity contribution >= 4 is 28.6 Å². The molecule has 0 radical (unpaired) electrons.